The molecule has 4 bridgehead atoms. The van der Waals surface area contributed by atoms with E-state index in [1.54, 1.807) is 0 Å². The van der Waals surface area contributed by atoms with E-state index in [9.17, 15) is 4.79 Å². The van der Waals surface area contributed by atoms with Crippen LogP contribution < -0.4 is 0 Å². The Morgan fingerprint density at radius 1 is 1.31 bits per heavy atom. The summed E-state index contributed by atoms with van der Waals surface area (Å²) >= 11 is 6.61. The lowest BCUT2D eigenvalue weighted by Crippen LogP contribution is -2.56. The van der Waals surface area contributed by atoms with Gasteiger partial charge in [0.2, 0.25) is 5.78 Å². The van der Waals surface area contributed by atoms with Crippen molar-refractivity contribution in [1.29, 1.82) is 0 Å². The Bertz CT molecular complexity index is 386. The van der Waals surface area contributed by atoms with Gasteiger partial charge in [-0.2, -0.15) is 4.79 Å². The number of alkyl halides is 1. The minimum atomic E-state index is -0.307. The molecule has 0 heterocycles. The third-order valence-corrected chi connectivity index (χ3v) is 5.13. The molecule has 0 aliphatic heterocycles. The molecule has 16 heavy (non-hydrogen) atoms. The van der Waals surface area contributed by atoms with Gasteiger partial charge >= 0.3 is 6.21 Å². The zero-order chi connectivity index (χ0) is 11.4. The van der Waals surface area contributed by atoms with Gasteiger partial charge in [0, 0.05) is 10.3 Å². The van der Waals surface area contributed by atoms with Crippen molar-refractivity contribution in [2.45, 2.75) is 43.4 Å². The summed E-state index contributed by atoms with van der Waals surface area (Å²) in [6.07, 6.45) is 7.12. The SMILES string of the molecule is [N-]=[N+]=CC(=O)C12CC3CC(CC(Cl)(C3)C1)C2. The van der Waals surface area contributed by atoms with E-state index in [-0.39, 0.29) is 16.1 Å². The normalized spacial score (nSPS) is 48.8. The lowest BCUT2D eigenvalue weighted by molar-refractivity contribution is -0.138. The predicted octanol–water partition coefficient (Wildman–Crippen LogP) is 2.43. The average molecular weight is 239 g/mol. The highest BCUT2D eigenvalue weighted by atomic mass is 35.5. The van der Waals surface area contributed by atoms with Gasteiger partial charge in [-0.1, -0.05) is 0 Å². The summed E-state index contributed by atoms with van der Waals surface area (Å²) in [5.41, 5.74) is 8.21. The second kappa shape index (κ2) is 3.18. The van der Waals surface area contributed by atoms with E-state index in [2.05, 4.69) is 4.79 Å². The van der Waals surface area contributed by atoms with Crippen molar-refractivity contribution in [3.63, 3.8) is 0 Å². The maximum Gasteiger partial charge on any atom is 0.323 e. The number of hydrogen-bond donors (Lipinski definition) is 0. The van der Waals surface area contributed by atoms with E-state index >= 15 is 0 Å². The molecule has 4 fully saturated rings. The van der Waals surface area contributed by atoms with Crippen LogP contribution in [-0.2, 0) is 4.79 Å². The molecule has 0 radical (unpaired) electrons. The van der Waals surface area contributed by atoms with Crippen LogP contribution in [0.4, 0.5) is 0 Å². The number of carbonyl (C=O) groups is 1. The Morgan fingerprint density at radius 2 is 1.94 bits per heavy atom. The van der Waals surface area contributed by atoms with E-state index < -0.39 is 0 Å². The molecule has 0 N–H and O–H groups in total. The van der Waals surface area contributed by atoms with Crippen LogP contribution in [0.1, 0.15) is 38.5 Å². The molecule has 4 heteroatoms. The summed E-state index contributed by atoms with van der Waals surface area (Å²) in [7, 11) is 0. The maximum atomic E-state index is 12.1. The molecule has 0 aromatic heterocycles. The molecule has 4 aliphatic rings. The fourth-order valence-corrected chi connectivity index (χ4v) is 5.32. The number of rotatable bonds is 2. The third-order valence-electron chi connectivity index (χ3n) is 4.69. The molecule has 4 aliphatic carbocycles. The van der Waals surface area contributed by atoms with Crippen LogP contribution in [0.5, 0.6) is 0 Å². The van der Waals surface area contributed by atoms with Crippen LogP contribution in [0.15, 0.2) is 0 Å². The summed E-state index contributed by atoms with van der Waals surface area (Å²) in [5, 5.41) is 0. The second-order valence-corrected chi connectivity index (χ2v) is 6.80. The highest BCUT2D eigenvalue weighted by Gasteiger charge is 2.60. The Morgan fingerprint density at radius 3 is 2.44 bits per heavy atom. The van der Waals surface area contributed by atoms with E-state index in [4.69, 9.17) is 17.1 Å². The van der Waals surface area contributed by atoms with E-state index in [1.807, 2.05) is 0 Å². The number of hydrogen-bond acceptors (Lipinski definition) is 1. The van der Waals surface area contributed by atoms with Crippen molar-refractivity contribution < 1.29 is 9.58 Å². The highest BCUT2D eigenvalue weighted by Crippen LogP contribution is 2.63. The van der Waals surface area contributed by atoms with Gasteiger partial charge in [-0.05, 0) is 50.4 Å². The molecule has 2 unspecified atom stereocenters. The molecule has 2 atom stereocenters. The second-order valence-electron chi connectivity index (χ2n) is 6.00. The van der Waals surface area contributed by atoms with E-state index in [0.717, 1.165) is 38.3 Å². The molecule has 4 saturated carbocycles. The first kappa shape index (κ1) is 10.5. The maximum absolute atomic E-state index is 12.1. The standard InChI is InChI=1S/C12H15ClN2O/c13-12-4-8-1-9(5-12)3-11(2-8,7-12)10(16)6-15-14/h6,8-9H,1-5,7H2. The largest absolute Gasteiger partial charge is 0.361 e. The minimum Gasteiger partial charge on any atom is -0.361 e. The highest BCUT2D eigenvalue weighted by molar-refractivity contribution is 6.29. The molecule has 0 amide bonds. The van der Waals surface area contributed by atoms with Crippen molar-refractivity contribution in [3.8, 4) is 0 Å². The van der Waals surface area contributed by atoms with Gasteiger partial charge in [-0.3, -0.25) is 4.79 Å². The molecule has 3 nitrogen and oxygen atoms in total. The molecular formula is C12H15ClN2O. The van der Waals surface area contributed by atoms with Crippen LogP contribution in [0, 0.1) is 17.3 Å². The Labute approximate surface area is 99.8 Å². The average Bonchev–Trinajstić information content (AvgIpc) is 2.13. The molecule has 4 rings (SSSR count). The smallest absolute Gasteiger partial charge is 0.323 e. The monoisotopic (exact) mass is 238 g/mol. The lowest BCUT2D eigenvalue weighted by atomic mass is 9.48. The van der Waals surface area contributed by atoms with Gasteiger partial charge < -0.3 is 5.53 Å². The number of Topliss-reactive ketones (excluding diaryl/α,β-unsaturated/α-hetero) is 1. The van der Waals surface area contributed by atoms with E-state index in [0.29, 0.717) is 11.8 Å². The van der Waals surface area contributed by atoms with E-state index in [1.165, 1.54) is 6.42 Å². The Kier molecular flexibility index (Phi) is 2.08. The van der Waals surface area contributed by atoms with Crippen molar-refractivity contribution in [2.24, 2.45) is 17.3 Å². The molecule has 0 aromatic rings. The third kappa shape index (κ3) is 1.38. The van der Waals surface area contributed by atoms with Gasteiger partial charge in [-0.15, -0.1) is 11.6 Å². The van der Waals surface area contributed by atoms with Crippen molar-refractivity contribution in [2.75, 3.05) is 0 Å². The molecule has 86 valence electrons. The summed E-state index contributed by atoms with van der Waals surface area (Å²) in [5.74, 6) is 1.19. The van der Waals surface area contributed by atoms with Gasteiger partial charge in [0.25, 0.3) is 0 Å². The summed E-state index contributed by atoms with van der Waals surface area (Å²) in [6, 6.07) is 0. The van der Waals surface area contributed by atoms with Crippen molar-refractivity contribution in [3.05, 3.63) is 5.53 Å². The summed E-state index contributed by atoms with van der Waals surface area (Å²) < 4.78 is 0. The topological polar surface area (TPSA) is 53.5 Å². The molecule has 0 saturated heterocycles. The zero-order valence-electron chi connectivity index (χ0n) is 9.16. The number of halogens is 1. The minimum absolute atomic E-state index is 0.0193. The first-order chi connectivity index (χ1) is 7.55. The van der Waals surface area contributed by atoms with Crippen molar-refractivity contribution >= 4 is 23.6 Å². The Hall–Kier alpha value is -0.660. The first-order valence-corrected chi connectivity index (χ1v) is 6.34. The number of carbonyl (C=O) groups excluding carboxylic acids is 1. The van der Waals surface area contributed by atoms with Crippen LogP contribution >= 0.6 is 11.6 Å². The Balaban J connectivity index is 1.97. The van der Waals surface area contributed by atoms with Gasteiger partial charge in [-0.25, -0.2) is 0 Å². The zero-order valence-corrected chi connectivity index (χ0v) is 9.91. The number of nitrogens with zero attached hydrogens (tertiary/aromatic N) is 2. The van der Waals surface area contributed by atoms with Crippen LogP contribution in [-0.4, -0.2) is 21.7 Å². The lowest BCUT2D eigenvalue weighted by Gasteiger charge is -2.58. The van der Waals surface area contributed by atoms with Gasteiger partial charge in [0.05, 0.1) is 0 Å². The van der Waals surface area contributed by atoms with Crippen LogP contribution in [0.3, 0.4) is 0 Å². The molecular weight excluding hydrogens is 224 g/mol. The molecule has 0 aromatic carbocycles. The molecule has 0 spiro atoms. The summed E-state index contributed by atoms with van der Waals surface area (Å²) in [6.45, 7) is 0. The first-order valence-electron chi connectivity index (χ1n) is 5.96. The fraction of sp³-hybridized carbons (Fsp3) is 0.833. The van der Waals surface area contributed by atoms with Crippen molar-refractivity contribution in [1.82, 2.24) is 0 Å². The fourth-order valence-electron chi connectivity index (χ4n) is 4.63. The van der Waals surface area contributed by atoms with Crippen LogP contribution in [0.2, 0.25) is 0 Å². The van der Waals surface area contributed by atoms with Gasteiger partial charge in [0.1, 0.15) is 0 Å². The van der Waals surface area contributed by atoms with Crippen LogP contribution in [0.25, 0.3) is 5.53 Å². The number of ketones is 1. The van der Waals surface area contributed by atoms with Gasteiger partial charge in [0.15, 0.2) is 0 Å². The summed E-state index contributed by atoms with van der Waals surface area (Å²) in [4.78, 5) is 14.8. The predicted molar refractivity (Wildman–Crippen MR) is 60.4 cm³/mol. The quantitative estimate of drug-likeness (QED) is 0.316.